The molecule has 2 rings (SSSR count). The lowest BCUT2D eigenvalue weighted by atomic mass is 9.71. The van der Waals surface area contributed by atoms with Gasteiger partial charge in [0.1, 0.15) is 6.10 Å². The highest BCUT2D eigenvalue weighted by atomic mass is 16.5. The van der Waals surface area contributed by atoms with Gasteiger partial charge in [-0.1, -0.05) is 133 Å². The fraction of sp³-hybridized carbons (Fsp3) is 0.341. The molecule has 0 saturated carbocycles. The van der Waals surface area contributed by atoms with Crippen LogP contribution in [0.2, 0.25) is 0 Å². The Morgan fingerprint density at radius 3 is 1.74 bits per heavy atom. The number of hydrogen-bond donors (Lipinski definition) is 0. The van der Waals surface area contributed by atoms with Crippen LogP contribution < -0.4 is 0 Å². The van der Waals surface area contributed by atoms with E-state index in [-0.39, 0.29) is 17.3 Å². The number of ketones is 1. The zero-order valence-corrected chi connectivity index (χ0v) is 28.3. The molecule has 1 unspecified atom stereocenters. The summed E-state index contributed by atoms with van der Waals surface area (Å²) in [5.41, 5.74) is 11.8. The van der Waals surface area contributed by atoms with Gasteiger partial charge in [0.25, 0.3) is 0 Å². The van der Waals surface area contributed by atoms with E-state index in [0.717, 1.165) is 16.7 Å². The molecule has 1 aliphatic carbocycles. The molecule has 1 aromatic carbocycles. The summed E-state index contributed by atoms with van der Waals surface area (Å²) in [5, 5.41) is 0. The van der Waals surface area contributed by atoms with Crippen molar-refractivity contribution in [2.24, 2.45) is 5.41 Å². The number of ether oxygens (including phenoxy) is 1. The Bertz CT molecular complexity index is 1470. The summed E-state index contributed by atoms with van der Waals surface area (Å²) >= 11 is 0. The number of benzene rings is 1. The number of aryl methyl sites for hydroxylation is 1. The molecule has 2 heteroatoms. The minimum atomic E-state index is -0.343. The van der Waals surface area contributed by atoms with Crippen LogP contribution in [0.1, 0.15) is 77.1 Å². The van der Waals surface area contributed by atoms with E-state index >= 15 is 0 Å². The third-order valence-corrected chi connectivity index (χ3v) is 8.18. The number of hydrogen-bond acceptors (Lipinski definition) is 2. The summed E-state index contributed by atoms with van der Waals surface area (Å²) in [6.45, 7) is 21.2. The van der Waals surface area contributed by atoms with Gasteiger partial charge in [-0.2, -0.15) is 0 Å². The van der Waals surface area contributed by atoms with Crippen LogP contribution in [0.4, 0.5) is 0 Å². The molecule has 0 aromatic heterocycles. The molecule has 43 heavy (non-hydrogen) atoms. The number of carbonyl (C=O) groups is 1. The van der Waals surface area contributed by atoms with E-state index < -0.39 is 0 Å². The third kappa shape index (κ3) is 11.1. The molecule has 0 heterocycles. The molecule has 0 radical (unpaired) electrons. The van der Waals surface area contributed by atoms with Crippen LogP contribution >= 0.6 is 0 Å². The van der Waals surface area contributed by atoms with Gasteiger partial charge in [-0.3, -0.25) is 4.79 Å². The summed E-state index contributed by atoms with van der Waals surface area (Å²) in [6.07, 6.45) is 29.9. The van der Waals surface area contributed by atoms with Crippen molar-refractivity contribution < 1.29 is 9.53 Å². The Labute approximate surface area is 262 Å². The highest BCUT2D eigenvalue weighted by molar-refractivity contribution is 6.00. The number of rotatable bonds is 11. The van der Waals surface area contributed by atoms with E-state index in [0.29, 0.717) is 6.42 Å². The molecule has 1 atom stereocenters. The van der Waals surface area contributed by atoms with Crippen molar-refractivity contribution in [1.82, 2.24) is 0 Å². The monoisotopic (exact) mass is 576 g/mol. The molecular formula is C41H52O2. The first-order valence-electron chi connectivity index (χ1n) is 15.2. The minimum absolute atomic E-state index is 0.0944. The Morgan fingerprint density at radius 1 is 0.721 bits per heavy atom. The summed E-state index contributed by atoms with van der Waals surface area (Å²) in [4.78, 5) is 12.6. The van der Waals surface area contributed by atoms with Gasteiger partial charge in [0, 0.05) is 7.11 Å². The minimum Gasteiger partial charge on any atom is -0.373 e. The first-order valence-corrected chi connectivity index (χ1v) is 15.2. The molecule has 228 valence electrons. The molecule has 0 N–H and O–H groups in total. The maximum absolute atomic E-state index is 12.6. The zero-order valence-electron chi connectivity index (χ0n) is 28.3. The fourth-order valence-corrected chi connectivity index (χ4v) is 5.02. The lowest BCUT2D eigenvalue weighted by Gasteiger charge is -2.36. The van der Waals surface area contributed by atoms with Crippen molar-refractivity contribution in [3.05, 3.63) is 147 Å². The molecule has 2 nitrogen and oxygen atoms in total. The number of carbonyl (C=O) groups excluding carboxylic acids is 1. The fourth-order valence-electron chi connectivity index (χ4n) is 5.02. The average Bonchev–Trinajstić information content (AvgIpc) is 2.95. The van der Waals surface area contributed by atoms with E-state index in [1.807, 2.05) is 6.92 Å². The largest absolute Gasteiger partial charge is 0.373 e. The van der Waals surface area contributed by atoms with Crippen molar-refractivity contribution in [2.45, 2.75) is 81.8 Å². The van der Waals surface area contributed by atoms with Crippen LogP contribution in [0, 0.1) is 26.2 Å². The normalized spacial score (nSPS) is 19.5. The maximum Gasteiger partial charge on any atom is 0.187 e. The topological polar surface area (TPSA) is 26.3 Å². The smallest absolute Gasteiger partial charge is 0.187 e. The Balaban J connectivity index is 1.93. The molecule has 0 spiro atoms. The second-order valence-corrected chi connectivity index (χ2v) is 12.3. The SMILES string of the molecule is COC1CC(C)(C)C(/C=C/C(C)=C/C=C/C(C)=C/C=C/C=C(C)/C=C/C=C(C)/C=C/c2ccc(C)c(C)c2C)=C(C)C1=O. The van der Waals surface area contributed by atoms with Crippen molar-refractivity contribution >= 4 is 11.9 Å². The molecule has 0 bridgehead atoms. The first-order chi connectivity index (χ1) is 20.3. The van der Waals surface area contributed by atoms with Gasteiger partial charge in [0.15, 0.2) is 5.78 Å². The van der Waals surface area contributed by atoms with Gasteiger partial charge in [0.2, 0.25) is 0 Å². The van der Waals surface area contributed by atoms with Crippen molar-refractivity contribution in [3.63, 3.8) is 0 Å². The molecule has 0 saturated heterocycles. The summed E-state index contributed by atoms with van der Waals surface area (Å²) in [7, 11) is 1.61. The first kappa shape index (κ1) is 35.4. The van der Waals surface area contributed by atoms with E-state index in [9.17, 15) is 4.79 Å². The summed E-state index contributed by atoms with van der Waals surface area (Å²) in [6, 6.07) is 4.38. The quantitative estimate of drug-likeness (QED) is 0.245. The summed E-state index contributed by atoms with van der Waals surface area (Å²) < 4.78 is 5.41. The predicted octanol–water partition coefficient (Wildman–Crippen LogP) is 11.0. The zero-order chi connectivity index (χ0) is 32.2. The summed E-state index contributed by atoms with van der Waals surface area (Å²) in [5.74, 6) is 0.0944. The standard InChI is InChI=1S/C41H52O2/c1-29(18-14-20-31(3)22-25-37-26-24-33(5)34(6)35(37)7)16-12-13-17-30(2)19-15-21-32(4)23-27-38-36(8)40(42)39(43-11)28-41(38,9)10/h12-27,39H,28H2,1-11H3/b13-12+,18-14+,19-15+,25-22+,27-23+,29-16+,30-17+,31-20+,32-21+. The lowest BCUT2D eigenvalue weighted by molar-refractivity contribution is -0.127. The molecule has 0 aliphatic heterocycles. The Morgan fingerprint density at radius 2 is 1.21 bits per heavy atom. The number of Topliss-reactive ketones (excluding diaryl/α,β-unsaturated/α-hetero) is 1. The lowest BCUT2D eigenvalue weighted by Crippen LogP contribution is -2.37. The molecular weight excluding hydrogens is 524 g/mol. The van der Waals surface area contributed by atoms with Crippen molar-refractivity contribution in [1.29, 1.82) is 0 Å². The van der Waals surface area contributed by atoms with Crippen molar-refractivity contribution in [3.8, 4) is 0 Å². The van der Waals surface area contributed by atoms with Crippen LogP contribution in [0.25, 0.3) is 6.08 Å². The van der Waals surface area contributed by atoms with Crippen LogP contribution in [-0.2, 0) is 9.53 Å². The van der Waals surface area contributed by atoms with E-state index in [2.05, 4.69) is 160 Å². The molecule has 0 fully saturated rings. The van der Waals surface area contributed by atoms with E-state index in [1.165, 1.54) is 39.0 Å². The highest BCUT2D eigenvalue weighted by Gasteiger charge is 2.37. The van der Waals surface area contributed by atoms with Crippen LogP contribution in [-0.4, -0.2) is 19.0 Å². The van der Waals surface area contributed by atoms with Gasteiger partial charge in [0.05, 0.1) is 0 Å². The van der Waals surface area contributed by atoms with Gasteiger partial charge in [-0.25, -0.2) is 0 Å². The second kappa shape index (κ2) is 16.8. The van der Waals surface area contributed by atoms with Gasteiger partial charge < -0.3 is 4.74 Å². The van der Waals surface area contributed by atoms with Crippen LogP contribution in [0.15, 0.2) is 125 Å². The van der Waals surface area contributed by atoms with E-state index in [1.54, 1.807) is 7.11 Å². The molecule has 1 aromatic rings. The van der Waals surface area contributed by atoms with Crippen molar-refractivity contribution in [2.75, 3.05) is 7.11 Å². The number of allylic oxidation sites excluding steroid dienone is 18. The Hall–Kier alpha value is -3.75. The average molecular weight is 577 g/mol. The maximum atomic E-state index is 12.6. The number of methoxy groups -OCH3 is 1. The van der Waals surface area contributed by atoms with Crippen LogP contribution in [0.3, 0.4) is 0 Å². The van der Waals surface area contributed by atoms with Gasteiger partial charge in [-0.15, -0.1) is 0 Å². The molecule has 0 amide bonds. The molecule has 1 aliphatic rings. The second-order valence-electron chi connectivity index (χ2n) is 12.3. The van der Waals surface area contributed by atoms with Crippen LogP contribution in [0.5, 0.6) is 0 Å². The predicted molar refractivity (Wildman–Crippen MR) is 188 cm³/mol. The Kier molecular flexibility index (Phi) is 13.8. The van der Waals surface area contributed by atoms with Gasteiger partial charge in [-0.05, 0) is 101 Å². The third-order valence-electron chi connectivity index (χ3n) is 8.18. The van der Waals surface area contributed by atoms with Gasteiger partial charge >= 0.3 is 0 Å². The highest BCUT2D eigenvalue weighted by Crippen LogP contribution is 2.40. The van der Waals surface area contributed by atoms with E-state index in [4.69, 9.17) is 4.74 Å².